The average Bonchev–Trinajstić information content (AvgIpc) is 2.69. The van der Waals surface area contributed by atoms with Gasteiger partial charge in [0.2, 0.25) is 5.91 Å². The molecule has 9 heteroatoms. The van der Waals surface area contributed by atoms with Crippen LogP contribution in [0.1, 0.15) is 19.8 Å². The molecule has 0 radical (unpaired) electrons. The van der Waals surface area contributed by atoms with Crippen molar-refractivity contribution in [2.45, 2.75) is 37.3 Å². The van der Waals surface area contributed by atoms with E-state index >= 15 is 0 Å². The van der Waals surface area contributed by atoms with E-state index in [1.807, 2.05) is 0 Å². The summed E-state index contributed by atoms with van der Waals surface area (Å²) in [5.74, 6) is -3.44. The number of allylic oxidation sites excluding steroid dienone is 1. The van der Waals surface area contributed by atoms with Gasteiger partial charge in [-0.3, -0.25) is 14.5 Å². The third-order valence-corrected chi connectivity index (χ3v) is 5.00. The van der Waals surface area contributed by atoms with Crippen molar-refractivity contribution in [2.24, 2.45) is 11.7 Å². The van der Waals surface area contributed by atoms with Crippen molar-refractivity contribution in [3.8, 4) is 0 Å². The van der Waals surface area contributed by atoms with E-state index < -0.39 is 41.3 Å². The molecule has 2 heterocycles. The SMILES string of the molecule is CC(O)C1C(=O)N2C(C(=O)O)=C(CCC(N)C(=O)O)S[C@H]12. The van der Waals surface area contributed by atoms with Gasteiger partial charge in [0.25, 0.3) is 0 Å². The number of hydrogen-bond donors (Lipinski definition) is 4. The normalized spacial score (nSPS) is 27.2. The summed E-state index contributed by atoms with van der Waals surface area (Å²) in [5.41, 5.74) is 5.28. The number of nitrogens with zero attached hydrogens (tertiary/aromatic N) is 1. The van der Waals surface area contributed by atoms with Crippen molar-refractivity contribution in [1.82, 2.24) is 4.90 Å². The number of aliphatic hydroxyl groups excluding tert-OH is 1. The molecule has 1 saturated heterocycles. The van der Waals surface area contributed by atoms with E-state index in [9.17, 15) is 24.6 Å². The fraction of sp³-hybridized carbons (Fsp3) is 0.583. The van der Waals surface area contributed by atoms with E-state index in [1.165, 1.54) is 18.7 Å². The molecule has 2 aliphatic heterocycles. The number of carbonyl (C=O) groups is 3. The van der Waals surface area contributed by atoms with E-state index in [1.54, 1.807) is 0 Å². The minimum Gasteiger partial charge on any atom is -0.480 e. The average molecular weight is 316 g/mol. The Balaban J connectivity index is 2.15. The molecule has 5 N–H and O–H groups in total. The zero-order valence-electron chi connectivity index (χ0n) is 11.2. The first-order chi connectivity index (χ1) is 9.75. The van der Waals surface area contributed by atoms with Gasteiger partial charge < -0.3 is 21.1 Å². The van der Waals surface area contributed by atoms with Gasteiger partial charge in [0.05, 0.1) is 12.0 Å². The van der Waals surface area contributed by atoms with Crippen LogP contribution in [0, 0.1) is 5.92 Å². The summed E-state index contributed by atoms with van der Waals surface area (Å²) < 4.78 is 0. The molecule has 1 fully saturated rings. The summed E-state index contributed by atoms with van der Waals surface area (Å²) >= 11 is 1.19. The van der Waals surface area contributed by atoms with Crippen molar-refractivity contribution < 1.29 is 29.7 Å². The van der Waals surface area contributed by atoms with Crippen LogP contribution in [0.3, 0.4) is 0 Å². The van der Waals surface area contributed by atoms with Gasteiger partial charge in [-0.1, -0.05) is 0 Å². The number of aliphatic hydroxyl groups is 1. The lowest BCUT2D eigenvalue weighted by atomic mass is 9.92. The number of hydrogen-bond acceptors (Lipinski definition) is 6. The number of carboxylic acids is 2. The lowest BCUT2D eigenvalue weighted by Gasteiger charge is -2.43. The summed E-state index contributed by atoms with van der Waals surface area (Å²) in [7, 11) is 0. The third kappa shape index (κ3) is 2.63. The van der Waals surface area contributed by atoms with Gasteiger partial charge >= 0.3 is 11.9 Å². The maximum absolute atomic E-state index is 11.9. The van der Waals surface area contributed by atoms with Crippen molar-refractivity contribution in [3.05, 3.63) is 10.6 Å². The number of aliphatic carboxylic acids is 2. The van der Waals surface area contributed by atoms with Crippen molar-refractivity contribution >= 4 is 29.6 Å². The molecule has 3 unspecified atom stereocenters. The second-order valence-corrected chi connectivity index (χ2v) is 6.25. The third-order valence-electron chi connectivity index (χ3n) is 3.57. The molecule has 0 aromatic heterocycles. The first-order valence-corrected chi connectivity index (χ1v) is 7.26. The van der Waals surface area contributed by atoms with E-state index in [0.29, 0.717) is 4.91 Å². The number of thioether (sulfide) groups is 1. The largest absolute Gasteiger partial charge is 0.480 e. The van der Waals surface area contributed by atoms with E-state index in [0.717, 1.165) is 4.90 Å². The van der Waals surface area contributed by atoms with Crippen LogP contribution >= 0.6 is 11.8 Å². The molecule has 8 nitrogen and oxygen atoms in total. The molecule has 0 spiro atoms. The Kier molecular flexibility index (Phi) is 4.26. The monoisotopic (exact) mass is 316 g/mol. The number of β-lactam (4-membered cyclic amide) rings is 1. The number of carbonyl (C=O) groups excluding carboxylic acids is 1. The Hall–Kier alpha value is -1.58. The first kappa shape index (κ1) is 15.8. The summed E-state index contributed by atoms with van der Waals surface area (Å²) in [5, 5.41) is 27.1. The molecule has 0 bridgehead atoms. The number of rotatable bonds is 6. The maximum Gasteiger partial charge on any atom is 0.353 e. The zero-order chi connectivity index (χ0) is 15.9. The maximum atomic E-state index is 11.9. The van der Waals surface area contributed by atoms with Crippen LogP contribution in [-0.2, 0) is 14.4 Å². The fourth-order valence-electron chi connectivity index (χ4n) is 2.44. The number of fused-ring (bicyclic) bond motifs is 1. The highest BCUT2D eigenvalue weighted by Gasteiger charge is 2.57. The van der Waals surface area contributed by atoms with Crippen LogP contribution in [0.5, 0.6) is 0 Å². The first-order valence-electron chi connectivity index (χ1n) is 6.38. The van der Waals surface area contributed by atoms with Gasteiger partial charge in [0.1, 0.15) is 17.1 Å². The van der Waals surface area contributed by atoms with E-state index in [-0.39, 0.29) is 18.5 Å². The zero-order valence-corrected chi connectivity index (χ0v) is 12.0. The van der Waals surface area contributed by atoms with Crippen molar-refractivity contribution in [2.75, 3.05) is 0 Å². The predicted octanol–water partition coefficient (Wildman–Crippen LogP) is -0.613. The fourth-order valence-corrected chi connectivity index (χ4v) is 4.07. The molecule has 1 amide bonds. The van der Waals surface area contributed by atoms with E-state index in [4.69, 9.17) is 10.8 Å². The standard InChI is InChI=1S/C12H16N2O6S/c1-4(15)7-9(16)14-8(12(19)20)6(21-10(7)14)3-2-5(13)11(17)18/h4-5,7,10,15H,2-3,13H2,1H3,(H,17,18)(H,19,20)/t4?,5?,7?,10-/m1/s1. The number of amides is 1. The lowest BCUT2D eigenvalue weighted by Crippen LogP contribution is -2.60. The van der Waals surface area contributed by atoms with E-state index in [2.05, 4.69) is 0 Å². The Bertz CT molecular complexity index is 532. The number of carboxylic acid groups (broad SMARTS) is 2. The van der Waals surface area contributed by atoms with Gasteiger partial charge in [-0.05, 0) is 19.8 Å². The Morgan fingerprint density at radius 2 is 2.05 bits per heavy atom. The highest BCUT2D eigenvalue weighted by atomic mass is 32.2. The summed E-state index contributed by atoms with van der Waals surface area (Å²) in [6.45, 7) is 1.49. The molecule has 2 rings (SSSR count). The highest BCUT2D eigenvalue weighted by molar-refractivity contribution is 8.04. The van der Waals surface area contributed by atoms with Gasteiger partial charge in [0.15, 0.2) is 0 Å². The molecule has 0 aliphatic carbocycles. The molecular formula is C12H16N2O6S. The van der Waals surface area contributed by atoms with Crippen LogP contribution < -0.4 is 5.73 Å². The minimum absolute atomic E-state index is 0.0859. The topological polar surface area (TPSA) is 141 Å². The van der Waals surface area contributed by atoms with Crippen molar-refractivity contribution in [1.29, 1.82) is 0 Å². The van der Waals surface area contributed by atoms with Crippen LogP contribution in [0.15, 0.2) is 10.6 Å². The second-order valence-electron chi connectivity index (χ2n) is 5.04. The summed E-state index contributed by atoms with van der Waals surface area (Å²) in [6, 6.07) is -1.08. The van der Waals surface area contributed by atoms with Crippen LogP contribution in [0.4, 0.5) is 0 Å². The molecule has 4 atom stereocenters. The molecule has 21 heavy (non-hydrogen) atoms. The van der Waals surface area contributed by atoms with Crippen molar-refractivity contribution in [3.63, 3.8) is 0 Å². The predicted molar refractivity (Wildman–Crippen MR) is 72.9 cm³/mol. The summed E-state index contributed by atoms with van der Waals surface area (Å²) in [4.78, 5) is 35.5. The van der Waals surface area contributed by atoms with Crippen LogP contribution in [0.25, 0.3) is 0 Å². The summed E-state index contributed by atoms with van der Waals surface area (Å²) in [6.07, 6.45) is -0.600. The van der Waals surface area contributed by atoms with Gasteiger partial charge in [-0.2, -0.15) is 0 Å². The molecule has 116 valence electrons. The highest BCUT2D eigenvalue weighted by Crippen LogP contribution is 2.51. The van der Waals surface area contributed by atoms with Gasteiger partial charge in [-0.25, -0.2) is 4.79 Å². The Morgan fingerprint density at radius 1 is 1.43 bits per heavy atom. The van der Waals surface area contributed by atoms with Crippen LogP contribution in [0.2, 0.25) is 0 Å². The second kappa shape index (κ2) is 5.66. The Morgan fingerprint density at radius 3 is 2.52 bits per heavy atom. The molecule has 2 aliphatic rings. The number of nitrogens with two attached hydrogens (primary N) is 1. The Labute approximate surface area is 124 Å². The molecule has 0 aromatic rings. The van der Waals surface area contributed by atoms with Crippen LogP contribution in [-0.4, -0.2) is 55.6 Å². The molecular weight excluding hydrogens is 300 g/mol. The van der Waals surface area contributed by atoms with Gasteiger partial charge in [-0.15, -0.1) is 11.8 Å². The molecule has 0 aromatic carbocycles. The van der Waals surface area contributed by atoms with Gasteiger partial charge in [0, 0.05) is 4.91 Å². The quantitative estimate of drug-likeness (QED) is 0.475. The lowest BCUT2D eigenvalue weighted by molar-refractivity contribution is -0.156. The smallest absolute Gasteiger partial charge is 0.353 e. The minimum atomic E-state index is -1.23. The molecule has 0 saturated carbocycles.